The molecule has 0 amide bonds. The predicted molar refractivity (Wildman–Crippen MR) is 71.0 cm³/mol. The Morgan fingerprint density at radius 2 is 1.84 bits per heavy atom. The Bertz CT molecular complexity index is 539. The topological polar surface area (TPSA) is 24.4 Å². The van der Waals surface area contributed by atoms with Gasteiger partial charge in [0.2, 0.25) is 0 Å². The average Bonchev–Trinajstić information content (AvgIpc) is 3.01. The molecule has 0 unspecified atom stereocenters. The maximum absolute atomic E-state index is 13.5. The highest BCUT2D eigenvalue weighted by atomic mass is 32.2. The molecule has 1 heterocycles. The van der Waals surface area contributed by atoms with E-state index in [1.54, 1.807) is 0 Å². The average molecular weight is 286 g/mol. The van der Waals surface area contributed by atoms with E-state index in [2.05, 4.69) is 10.3 Å². The van der Waals surface area contributed by atoms with E-state index in [0.29, 0.717) is 5.17 Å². The van der Waals surface area contributed by atoms with E-state index < -0.39 is 17.5 Å². The third-order valence-electron chi connectivity index (χ3n) is 3.63. The van der Waals surface area contributed by atoms with Crippen LogP contribution in [0.4, 0.5) is 18.9 Å². The first-order valence-corrected chi connectivity index (χ1v) is 7.21. The number of aliphatic imine (C=N–C) groups is 1. The van der Waals surface area contributed by atoms with Crippen molar-refractivity contribution in [2.45, 2.75) is 31.2 Å². The van der Waals surface area contributed by atoms with Crippen molar-refractivity contribution >= 4 is 22.6 Å². The van der Waals surface area contributed by atoms with Gasteiger partial charge in [-0.15, -0.1) is 0 Å². The lowest BCUT2D eigenvalue weighted by Gasteiger charge is -2.16. The highest BCUT2D eigenvalue weighted by Crippen LogP contribution is 2.41. The summed E-state index contributed by atoms with van der Waals surface area (Å²) >= 11 is 1.51. The van der Waals surface area contributed by atoms with Gasteiger partial charge in [0.15, 0.2) is 22.6 Å². The number of hydrogen-bond acceptors (Lipinski definition) is 3. The van der Waals surface area contributed by atoms with Crippen molar-refractivity contribution < 1.29 is 13.2 Å². The molecule has 0 atom stereocenters. The maximum atomic E-state index is 13.5. The van der Waals surface area contributed by atoms with Crippen molar-refractivity contribution in [2.75, 3.05) is 11.1 Å². The minimum atomic E-state index is -1.45. The highest BCUT2D eigenvalue weighted by molar-refractivity contribution is 8.14. The highest BCUT2D eigenvalue weighted by Gasteiger charge is 2.38. The van der Waals surface area contributed by atoms with Crippen LogP contribution >= 0.6 is 11.8 Å². The predicted octanol–water partition coefficient (Wildman–Crippen LogP) is 3.93. The molecule has 19 heavy (non-hydrogen) atoms. The van der Waals surface area contributed by atoms with Gasteiger partial charge in [0.25, 0.3) is 0 Å². The molecule has 0 bridgehead atoms. The lowest BCUT2D eigenvalue weighted by Crippen LogP contribution is -2.21. The van der Waals surface area contributed by atoms with E-state index in [9.17, 15) is 13.2 Å². The quantitative estimate of drug-likeness (QED) is 0.791. The normalized spacial score (nSPS) is 20.9. The van der Waals surface area contributed by atoms with Crippen molar-refractivity contribution in [2.24, 2.45) is 4.99 Å². The number of thioether (sulfide) groups is 1. The summed E-state index contributed by atoms with van der Waals surface area (Å²) in [7, 11) is 0. The van der Waals surface area contributed by atoms with Gasteiger partial charge in [-0.3, -0.25) is 4.99 Å². The minimum Gasteiger partial charge on any atom is -0.332 e. The van der Waals surface area contributed by atoms with Crippen molar-refractivity contribution in [3.63, 3.8) is 0 Å². The summed E-state index contributed by atoms with van der Waals surface area (Å²) in [6, 6.07) is 2.10. The van der Waals surface area contributed by atoms with Gasteiger partial charge in [0.1, 0.15) is 0 Å². The zero-order valence-electron chi connectivity index (χ0n) is 10.2. The van der Waals surface area contributed by atoms with Crippen LogP contribution in [0.15, 0.2) is 17.1 Å². The molecule has 0 radical (unpaired) electrons. The third-order valence-corrected chi connectivity index (χ3v) is 4.78. The zero-order chi connectivity index (χ0) is 13.5. The first kappa shape index (κ1) is 12.8. The number of nitrogens with zero attached hydrogens (tertiary/aromatic N) is 1. The van der Waals surface area contributed by atoms with Crippen molar-refractivity contribution in [3.8, 4) is 0 Å². The summed E-state index contributed by atoms with van der Waals surface area (Å²) in [5.41, 5.74) is -0.0950. The second-order valence-electron chi connectivity index (χ2n) is 4.98. The fourth-order valence-corrected chi connectivity index (χ4v) is 3.77. The molecule has 1 saturated carbocycles. The summed E-state index contributed by atoms with van der Waals surface area (Å²) < 4.78 is 39.5. The Kier molecular flexibility index (Phi) is 3.20. The van der Waals surface area contributed by atoms with Crippen molar-refractivity contribution in [1.82, 2.24) is 0 Å². The summed E-state index contributed by atoms with van der Waals surface area (Å²) in [6.07, 6.45) is 4.42. The Morgan fingerprint density at radius 1 is 1.11 bits per heavy atom. The number of amidine groups is 1. The van der Waals surface area contributed by atoms with Crippen LogP contribution in [0.1, 0.15) is 25.7 Å². The Morgan fingerprint density at radius 3 is 2.58 bits per heavy atom. The molecule has 1 aromatic rings. The monoisotopic (exact) mass is 286 g/mol. The van der Waals surface area contributed by atoms with Crippen LogP contribution in [0, 0.1) is 17.5 Å². The standard InChI is InChI=1S/C13H13F3N2S/c14-8-3-4-9(11(16)10(8)15)17-12-18-13(7-19-12)5-1-2-6-13/h3-4H,1-2,5-7H2,(H,17,18). The van der Waals surface area contributed by atoms with E-state index >= 15 is 0 Å². The van der Waals surface area contributed by atoms with Gasteiger partial charge in [-0.05, 0) is 25.0 Å². The van der Waals surface area contributed by atoms with Gasteiger partial charge in [0.05, 0.1) is 11.2 Å². The lowest BCUT2D eigenvalue weighted by atomic mass is 10.0. The van der Waals surface area contributed by atoms with Gasteiger partial charge in [-0.1, -0.05) is 24.6 Å². The number of halogens is 3. The first-order chi connectivity index (χ1) is 9.10. The molecule has 1 spiro atoms. The van der Waals surface area contributed by atoms with Gasteiger partial charge in [-0.25, -0.2) is 13.2 Å². The summed E-state index contributed by atoms with van der Waals surface area (Å²) in [6.45, 7) is 0. The van der Waals surface area contributed by atoms with Crippen LogP contribution in [0.2, 0.25) is 0 Å². The maximum Gasteiger partial charge on any atom is 0.196 e. The fourth-order valence-electron chi connectivity index (χ4n) is 2.57. The van der Waals surface area contributed by atoms with Crippen LogP contribution in [0.5, 0.6) is 0 Å². The molecule has 1 aliphatic heterocycles. The largest absolute Gasteiger partial charge is 0.332 e. The molecule has 1 aromatic carbocycles. The van der Waals surface area contributed by atoms with Gasteiger partial charge < -0.3 is 5.32 Å². The van der Waals surface area contributed by atoms with Gasteiger partial charge >= 0.3 is 0 Å². The molecule has 0 aromatic heterocycles. The third kappa shape index (κ3) is 2.33. The SMILES string of the molecule is Fc1ccc(NC2=NC3(CCCC3)CS2)c(F)c1F. The minimum absolute atomic E-state index is 0.0257. The van der Waals surface area contributed by atoms with E-state index in [1.165, 1.54) is 17.8 Å². The molecule has 2 aliphatic rings. The van der Waals surface area contributed by atoms with Crippen LogP contribution in [0.25, 0.3) is 0 Å². The summed E-state index contributed by atoms with van der Waals surface area (Å²) in [4.78, 5) is 4.59. The van der Waals surface area contributed by atoms with Crippen LogP contribution in [-0.2, 0) is 0 Å². The first-order valence-electron chi connectivity index (χ1n) is 6.23. The second-order valence-corrected chi connectivity index (χ2v) is 5.95. The molecule has 6 heteroatoms. The smallest absolute Gasteiger partial charge is 0.196 e. The Labute approximate surface area is 113 Å². The number of nitrogens with one attached hydrogen (secondary N) is 1. The number of anilines is 1. The molecular weight excluding hydrogens is 273 g/mol. The molecule has 3 rings (SSSR count). The summed E-state index contributed by atoms with van der Waals surface area (Å²) in [5.74, 6) is -2.96. The molecule has 1 N–H and O–H groups in total. The second kappa shape index (κ2) is 4.74. The van der Waals surface area contributed by atoms with Gasteiger partial charge in [-0.2, -0.15) is 0 Å². The zero-order valence-corrected chi connectivity index (χ0v) is 11.0. The molecule has 102 valence electrons. The molecule has 2 nitrogen and oxygen atoms in total. The van der Waals surface area contributed by atoms with Crippen molar-refractivity contribution in [1.29, 1.82) is 0 Å². The van der Waals surface area contributed by atoms with Gasteiger partial charge in [0, 0.05) is 5.75 Å². The molecular formula is C13H13F3N2S. The molecule has 0 saturated heterocycles. The number of benzene rings is 1. The Hall–Kier alpha value is -1.17. The van der Waals surface area contributed by atoms with Crippen LogP contribution in [-0.4, -0.2) is 16.5 Å². The van der Waals surface area contributed by atoms with Crippen LogP contribution < -0.4 is 5.32 Å². The molecule has 1 aliphatic carbocycles. The van der Waals surface area contributed by atoms with E-state index in [0.717, 1.165) is 37.5 Å². The van der Waals surface area contributed by atoms with E-state index in [-0.39, 0.29) is 11.2 Å². The fraction of sp³-hybridized carbons (Fsp3) is 0.462. The Balaban J connectivity index is 1.81. The van der Waals surface area contributed by atoms with Crippen LogP contribution in [0.3, 0.4) is 0 Å². The number of rotatable bonds is 1. The number of hydrogen-bond donors (Lipinski definition) is 1. The molecule has 1 fully saturated rings. The summed E-state index contributed by atoms with van der Waals surface area (Å²) in [5, 5.41) is 3.35. The van der Waals surface area contributed by atoms with Crippen molar-refractivity contribution in [3.05, 3.63) is 29.6 Å². The van der Waals surface area contributed by atoms with E-state index in [4.69, 9.17) is 0 Å². The van der Waals surface area contributed by atoms with E-state index in [1.807, 2.05) is 0 Å². The lowest BCUT2D eigenvalue weighted by molar-refractivity contribution is 0.449.